The van der Waals surface area contributed by atoms with Crippen LogP contribution in [-0.2, 0) is 0 Å². The second-order valence-electron chi connectivity index (χ2n) is 12.7. The molecule has 0 amide bonds. The molecule has 2 aromatic heterocycles. The number of hydrogen-bond donors (Lipinski definition) is 0. The maximum atomic E-state index is 2.47. The van der Waals surface area contributed by atoms with Gasteiger partial charge in [-0.2, -0.15) is 0 Å². The number of fused-ring (bicyclic) bond motifs is 7. The van der Waals surface area contributed by atoms with E-state index in [-0.39, 0.29) is 0 Å². The predicted octanol–water partition coefficient (Wildman–Crippen LogP) is 12.5. The first-order valence-corrected chi connectivity index (χ1v) is 16.8. The van der Waals surface area contributed by atoms with Gasteiger partial charge in [0.15, 0.2) is 0 Å². The van der Waals surface area contributed by atoms with Crippen LogP contribution in [0.1, 0.15) is 0 Å². The minimum Gasteiger partial charge on any atom is -0.310 e. The molecular formula is C46H31N3. The van der Waals surface area contributed by atoms with Gasteiger partial charge in [-0.3, -0.25) is 0 Å². The lowest BCUT2D eigenvalue weighted by Crippen LogP contribution is -2.09. The SMILES string of the molecule is c1ccc(N(c2ccccc2)c2ccc3c(c2)c2c(c4ccccc4n2-c2ccc4ccccc4c2)n3-c2ccc3ccccc3c2)cc1. The van der Waals surface area contributed by atoms with Crippen LogP contribution in [0, 0.1) is 0 Å². The summed E-state index contributed by atoms with van der Waals surface area (Å²) < 4.78 is 4.94. The summed E-state index contributed by atoms with van der Waals surface area (Å²) in [6.45, 7) is 0. The predicted molar refractivity (Wildman–Crippen MR) is 207 cm³/mol. The Kier molecular flexibility index (Phi) is 6.18. The minimum absolute atomic E-state index is 1.11. The van der Waals surface area contributed by atoms with Crippen LogP contribution in [0.4, 0.5) is 17.1 Å². The van der Waals surface area contributed by atoms with E-state index < -0.39 is 0 Å². The van der Waals surface area contributed by atoms with Crippen molar-refractivity contribution in [3.8, 4) is 11.4 Å². The molecule has 10 rings (SSSR count). The van der Waals surface area contributed by atoms with Gasteiger partial charge < -0.3 is 14.0 Å². The number of anilines is 3. The van der Waals surface area contributed by atoms with Crippen molar-refractivity contribution in [3.63, 3.8) is 0 Å². The maximum Gasteiger partial charge on any atom is 0.0804 e. The smallest absolute Gasteiger partial charge is 0.0804 e. The zero-order valence-electron chi connectivity index (χ0n) is 26.7. The van der Waals surface area contributed by atoms with Gasteiger partial charge in [0.1, 0.15) is 0 Å². The normalized spacial score (nSPS) is 11.7. The quantitative estimate of drug-likeness (QED) is 0.185. The minimum atomic E-state index is 1.11. The van der Waals surface area contributed by atoms with Crippen LogP contribution in [0.15, 0.2) is 188 Å². The molecule has 0 aliphatic rings. The van der Waals surface area contributed by atoms with Crippen molar-refractivity contribution in [1.29, 1.82) is 0 Å². The molecule has 0 aliphatic carbocycles. The number of hydrogen-bond acceptors (Lipinski definition) is 1. The first-order valence-electron chi connectivity index (χ1n) is 16.8. The Morgan fingerprint density at radius 3 is 1.37 bits per heavy atom. The summed E-state index contributed by atoms with van der Waals surface area (Å²) in [5, 5.41) is 7.34. The number of rotatable bonds is 5. The summed E-state index contributed by atoms with van der Waals surface area (Å²) in [4.78, 5) is 2.35. The summed E-state index contributed by atoms with van der Waals surface area (Å²) in [7, 11) is 0. The van der Waals surface area contributed by atoms with E-state index in [2.05, 4.69) is 202 Å². The third kappa shape index (κ3) is 4.37. The first kappa shape index (κ1) is 27.5. The van der Waals surface area contributed by atoms with Crippen LogP contribution < -0.4 is 4.90 Å². The van der Waals surface area contributed by atoms with Crippen molar-refractivity contribution >= 4 is 71.4 Å². The fraction of sp³-hybridized carbons (Fsp3) is 0. The van der Waals surface area contributed by atoms with Gasteiger partial charge >= 0.3 is 0 Å². The van der Waals surface area contributed by atoms with Crippen LogP contribution in [0.3, 0.4) is 0 Å². The van der Waals surface area contributed by atoms with E-state index in [9.17, 15) is 0 Å². The molecule has 2 heterocycles. The molecule has 230 valence electrons. The molecule has 0 saturated heterocycles. The van der Waals surface area contributed by atoms with Crippen molar-refractivity contribution in [2.45, 2.75) is 0 Å². The van der Waals surface area contributed by atoms with Crippen molar-refractivity contribution in [2.24, 2.45) is 0 Å². The Hall–Kier alpha value is -6.58. The number of para-hydroxylation sites is 3. The van der Waals surface area contributed by atoms with Crippen LogP contribution in [0.2, 0.25) is 0 Å². The molecule has 8 aromatic carbocycles. The lowest BCUT2D eigenvalue weighted by Gasteiger charge is -2.25. The second-order valence-corrected chi connectivity index (χ2v) is 12.7. The molecule has 0 aliphatic heterocycles. The van der Waals surface area contributed by atoms with Gasteiger partial charge in [-0.15, -0.1) is 0 Å². The van der Waals surface area contributed by atoms with Crippen molar-refractivity contribution in [3.05, 3.63) is 188 Å². The zero-order valence-corrected chi connectivity index (χ0v) is 26.7. The van der Waals surface area contributed by atoms with Crippen molar-refractivity contribution in [1.82, 2.24) is 9.13 Å². The van der Waals surface area contributed by atoms with E-state index in [4.69, 9.17) is 0 Å². The average Bonchev–Trinajstić information content (AvgIpc) is 3.68. The van der Waals surface area contributed by atoms with Crippen molar-refractivity contribution in [2.75, 3.05) is 4.90 Å². The molecule has 3 heteroatoms. The average molecular weight is 626 g/mol. The standard InChI is InChI=1S/C46H31N3/c1-3-17-36(18-4-1)47(37-19-5-2-6-20-37)40-27-28-44-42(31-40)46-45(49(44)39-26-24-33-14-8-10-16-35(33)30-39)41-21-11-12-22-43(41)48(46)38-25-23-32-13-7-9-15-34(32)29-38/h1-31H. The summed E-state index contributed by atoms with van der Waals surface area (Å²) in [6, 6.07) is 68.0. The highest BCUT2D eigenvalue weighted by atomic mass is 15.1. The van der Waals surface area contributed by atoms with Gasteiger partial charge in [0, 0.05) is 39.2 Å². The zero-order chi connectivity index (χ0) is 32.3. The lowest BCUT2D eigenvalue weighted by atomic mass is 10.1. The molecule has 49 heavy (non-hydrogen) atoms. The molecule has 0 fully saturated rings. The highest BCUT2D eigenvalue weighted by molar-refractivity contribution is 6.20. The Bertz CT molecular complexity index is 2710. The van der Waals surface area contributed by atoms with E-state index in [1.54, 1.807) is 0 Å². The molecular weight excluding hydrogens is 595 g/mol. The van der Waals surface area contributed by atoms with Gasteiger partial charge in [0.05, 0.1) is 22.1 Å². The summed E-state index contributed by atoms with van der Waals surface area (Å²) in [5.74, 6) is 0. The Labute approximate surface area is 284 Å². The number of aromatic nitrogens is 2. The van der Waals surface area contributed by atoms with Gasteiger partial charge in [0.2, 0.25) is 0 Å². The van der Waals surface area contributed by atoms with E-state index >= 15 is 0 Å². The molecule has 0 atom stereocenters. The molecule has 3 nitrogen and oxygen atoms in total. The maximum absolute atomic E-state index is 2.47. The fourth-order valence-electron chi connectivity index (χ4n) is 7.63. The Morgan fingerprint density at radius 2 is 0.776 bits per heavy atom. The molecule has 0 saturated carbocycles. The summed E-state index contributed by atoms with van der Waals surface area (Å²) >= 11 is 0. The van der Waals surface area contributed by atoms with Gasteiger partial charge in [-0.25, -0.2) is 0 Å². The highest BCUT2D eigenvalue weighted by Crippen LogP contribution is 2.44. The van der Waals surface area contributed by atoms with Crippen molar-refractivity contribution < 1.29 is 0 Å². The van der Waals surface area contributed by atoms with E-state index in [1.165, 1.54) is 54.4 Å². The topological polar surface area (TPSA) is 13.1 Å². The molecule has 0 bridgehead atoms. The number of nitrogens with zero attached hydrogens (tertiary/aromatic N) is 3. The van der Waals surface area contributed by atoms with Gasteiger partial charge in [-0.1, -0.05) is 115 Å². The van der Waals surface area contributed by atoms with Crippen LogP contribution in [-0.4, -0.2) is 9.13 Å². The highest BCUT2D eigenvalue weighted by Gasteiger charge is 2.24. The Morgan fingerprint density at radius 1 is 0.306 bits per heavy atom. The van der Waals surface area contributed by atoms with Gasteiger partial charge in [0.25, 0.3) is 0 Å². The van der Waals surface area contributed by atoms with E-state index in [0.29, 0.717) is 0 Å². The third-order valence-electron chi connectivity index (χ3n) is 9.82. The van der Waals surface area contributed by atoms with Crippen LogP contribution >= 0.6 is 0 Å². The third-order valence-corrected chi connectivity index (χ3v) is 9.82. The fourth-order valence-corrected chi connectivity index (χ4v) is 7.63. The first-order chi connectivity index (χ1) is 24.3. The molecule has 10 aromatic rings. The monoisotopic (exact) mass is 625 g/mol. The van der Waals surface area contributed by atoms with Gasteiger partial charge in [-0.05, 0) is 94.3 Å². The van der Waals surface area contributed by atoms with Crippen LogP contribution in [0.25, 0.3) is 65.8 Å². The van der Waals surface area contributed by atoms with E-state index in [1.807, 2.05) is 0 Å². The van der Waals surface area contributed by atoms with E-state index in [0.717, 1.165) is 28.4 Å². The van der Waals surface area contributed by atoms with Crippen LogP contribution in [0.5, 0.6) is 0 Å². The molecule has 0 N–H and O–H groups in total. The number of benzene rings is 8. The molecule has 0 spiro atoms. The Balaban J connectivity index is 1.34. The summed E-state index contributed by atoms with van der Waals surface area (Å²) in [5.41, 5.74) is 10.4. The molecule has 0 radical (unpaired) electrons. The largest absolute Gasteiger partial charge is 0.310 e. The lowest BCUT2D eigenvalue weighted by molar-refractivity contribution is 1.18. The summed E-state index contributed by atoms with van der Waals surface area (Å²) in [6.07, 6.45) is 0. The second kappa shape index (κ2) is 11.0. The molecule has 0 unspecified atom stereocenters.